The fourth-order valence-corrected chi connectivity index (χ4v) is 3.07. The number of carbonyl (C=O) groups is 3. The zero-order valence-corrected chi connectivity index (χ0v) is 20.3. The highest BCUT2D eigenvalue weighted by atomic mass is 16.7. The van der Waals surface area contributed by atoms with Crippen molar-refractivity contribution in [1.82, 2.24) is 5.32 Å². The van der Waals surface area contributed by atoms with Gasteiger partial charge in [-0.15, -0.1) is 0 Å². The number of aliphatic hydroxyl groups excluding tert-OH is 4. The van der Waals surface area contributed by atoms with E-state index in [1.54, 1.807) is 0 Å². The first-order valence-electron chi connectivity index (χ1n) is 11.1. The van der Waals surface area contributed by atoms with Gasteiger partial charge in [0.05, 0.1) is 7.11 Å². The maximum atomic E-state index is 12.0. The van der Waals surface area contributed by atoms with Gasteiger partial charge in [-0.3, -0.25) is 9.59 Å². The quantitative estimate of drug-likeness (QED) is 0.0791. The molecule has 0 bridgehead atoms. The summed E-state index contributed by atoms with van der Waals surface area (Å²) in [6, 6.07) is 0. The molecule has 1 fully saturated rings. The Morgan fingerprint density at radius 2 is 1.77 bits per heavy atom. The fraction of sp³-hybridized carbons (Fsp3) is 0.542. The van der Waals surface area contributed by atoms with E-state index in [1.807, 2.05) is 13.8 Å². The van der Waals surface area contributed by atoms with Crippen molar-refractivity contribution in [3.63, 3.8) is 0 Å². The van der Waals surface area contributed by atoms with Gasteiger partial charge in [0.15, 0.2) is 0 Å². The molecule has 0 radical (unpaired) electrons. The molecule has 35 heavy (non-hydrogen) atoms. The Morgan fingerprint density at radius 3 is 2.29 bits per heavy atom. The number of nitrogens with one attached hydrogen (secondary N) is 1. The first kappa shape index (κ1) is 30.0. The van der Waals surface area contributed by atoms with E-state index in [4.69, 9.17) is 14.2 Å². The molecule has 0 aromatic carbocycles. The third-order valence-electron chi connectivity index (χ3n) is 5.20. The van der Waals surface area contributed by atoms with Gasteiger partial charge in [-0.1, -0.05) is 20.4 Å². The summed E-state index contributed by atoms with van der Waals surface area (Å²) in [4.78, 5) is 35.0. The molecule has 11 heteroatoms. The monoisotopic (exact) mass is 497 g/mol. The molecule has 196 valence electrons. The van der Waals surface area contributed by atoms with Crippen molar-refractivity contribution in [2.24, 2.45) is 5.92 Å². The molecule has 11 nitrogen and oxygen atoms in total. The lowest BCUT2D eigenvalue weighted by molar-refractivity contribution is -0.284. The zero-order chi connectivity index (χ0) is 26.7. The molecule has 0 saturated carbocycles. The molecule has 1 rings (SSSR count). The largest absolute Gasteiger partial charge is 0.513 e. The van der Waals surface area contributed by atoms with Gasteiger partial charge in [0, 0.05) is 19.0 Å². The predicted octanol–water partition coefficient (Wildman–Crippen LogP) is 0.563. The van der Waals surface area contributed by atoms with Crippen LogP contribution in [-0.2, 0) is 28.6 Å². The van der Waals surface area contributed by atoms with Gasteiger partial charge in [-0.25, -0.2) is 4.79 Å². The molecule has 5 atom stereocenters. The second kappa shape index (κ2) is 14.4. The van der Waals surface area contributed by atoms with Gasteiger partial charge < -0.3 is 40.0 Å². The number of methoxy groups -OCH3 is 1. The van der Waals surface area contributed by atoms with Gasteiger partial charge in [0.1, 0.15) is 42.1 Å². The van der Waals surface area contributed by atoms with Crippen LogP contribution < -0.4 is 5.32 Å². The molecule has 1 aliphatic rings. The van der Waals surface area contributed by atoms with E-state index in [-0.39, 0.29) is 12.3 Å². The van der Waals surface area contributed by atoms with Crippen LogP contribution in [0.2, 0.25) is 0 Å². The summed E-state index contributed by atoms with van der Waals surface area (Å²) in [5, 5.41) is 42.5. The van der Waals surface area contributed by atoms with Crippen LogP contribution >= 0.6 is 0 Å². The van der Waals surface area contributed by atoms with Gasteiger partial charge in [-0.05, 0) is 37.0 Å². The second-order valence-electron chi connectivity index (χ2n) is 8.33. The third kappa shape index (κ3) is 8.95. The van der Waals surface area contributed by atoms with Crippen LogP contribution in [0, 0.1) is 5.92 Å². The van der Waals surface area contributed by atoms with Crippen LogP contribution in [0.25, 0.3) is 0 Å². The summed E-state index contributed by atoms with van der Waals surface area (Å²) in [6.45, 7) is 8.37. The van der Waals surface area contributed by atoms with E-state index in [9.17, 15) is 34.8 Å². The molecule has 1 heterocycles. The fourth-order valence-electron chi connectivity index (χ4n) is 3.07. The van der Waals surface area contributed by atoms with E-state index in [2.05, 4.69) is 11.9 Å². The third-order valence-corrected chi connectivity index (χ3v) is 5.20. The van der Waals surface area contributed by atoms with E-state index in [1.165, 1.54) is 25.3 Å². The van der Waals surface area contributed by atoms with Crippen LogP contribution in [-0.4, -0.2) is 82.3 Å². The predicted molar refractivity (Wildman–Crippen MR) is 125 cm³/mol. The molecular formula is C24H35NO10. The van der Waals surface area contributed by atoms with E-state index < -0.39 is 53.9 Å². The molecule has 1 saturated heterocycles. The molecule has 0 aromatic heterocycles. The average Bonchev–Trinajstić information content (AvgIpc) is 2.83. The Bertz CT molecular complexity index is 860. The summed E-state index contributed by atoms with van der Waals surface area (Å²) in [5.74, 6) is -1.87. The second-order valence-corrected chi connectivity index (χ2v) is 8.33. The Hall–Kier alpha value is -2.99. The Morgan fingerprint density at radius 1 is 1.11 bits per heavy atom. The maximum Gasteiger partial charge on any atom is 0.333 e. The van der Waals surface area contributed by atoms with Crippen LogP contribution in [0.1, 0.15) is 33.6 Å². The summed E-state index contributed by atoms with van der Waals surface area (Å²) in [6.07, 6.45) is -1.73. The molecule has 0 amide bonds. The molecule has 5 N–H and O–H groups in total. The molecule has 3 unspecified atom stereocenters. The van der Waals surface area contributed by atoms with Crippen molar-refractivity contribution in [2.75, 3.05) is 13.7 Å². The Balaban J connectivity index is 3.02. The normalized spacial score (nSPS) is 25.7. The van der Waals surface area contributed by atoms with Crippen molar-refractivity contribution in [1.29, 1.82) is 0 Å². The topological polar surface area (TPSA) is 172 Å². The number of carbonyl (C=O) groups excluding carboxylic acids is 3. The van der Waals surface area contributed by atoms with Gasteiger partial charge in [0.2, 0.25) is 17.9 Å². The highest BCUT2D eigenvalue weighted by molar-refractivity contribution is 6.42. The number of ether oxygens (including phenoxy) is 3. The van der Waals surface area contributed by atoms with Crippen LogP contribution in [0.3, 0.4) is 0 Å². The summed E-state index contributed by atoms with van der Waals surface area (Å²) < 4.78 is 16.0. The van der Waals surface area contributed by atoms with Crippen LogP contribution in [0.5, 0.6) is 0 Å². The smallest absolute Gasteiger partial charge is 0.333 e. The molecule has 0 aromatic rings. The highest BCUT2D eigenvalue weighted by Gasteiger charge is 2.45. The number of esters is 1. The van der Waals surface area contributed by atoms with E-state index in [0.717, 1.165) is 13.3 Å². The first-order valence-corrected chi connectivity index (χ1v) is 11.1. The maximum absolute atomic E-state index is 12.0. The van der Waals surface area contributed by atoms with Crippen LogP contribution in [0.4, 0.5) is 0 Å². The van der Waals surface area contributed by atoms with Crippen molar-refractivity contribution in [2.45, 2.75) is 64.3 Å². The number of hydrogen-bond donors (Lipinski definition) is 5. The molecular weight excluding hydrogens is 462 g/mol. The van der Waals surface area contributed by atoms with Crippen molar-refractivity contribution >= 4 is 17.5 Å². The van der Waals surface area contributed by atoms with E-state index in [0.29, 0.717) is 24.2 Å². The number of allylic oxidation sites excluding steroid dienone is 4. The average molecular weight is 498 g/mol. The number of ketones is 2. The lowest BCUT2D eigenvalue weighted by Crippen LogP contribution is -2.60. The van der Waals surface area contributed by atoms with Crippen molar-refractivity contribution < 1.29 is 49.0 Å². The molecule has 1 aliphatic heterocycles. The van der Waals surface area contributed by atoms with E-state index >= 15 is 0 Å². The standard InChI is InChI=1S/C24H35NO10/c1-6-16(10-9-15(23(32)33-5)8-7-13(2)3)34-24-22(31)21(30)20(29)18(35-24)11-25-17(12-26)19(28)14(4)27/h6,9-10,12-13,18,20-22,24-26,29-31H,1,7-8,11H2,2-5H3/b15-9+,16-10+,17-12-/t18?,20-,21?,22?,24+/m1/s1. The van der Waals surface area contributed by atoms with Gasteiger partial charge in [0.25, 0.3) is 0 Å². The lowest BCUT2D eigenvalue weighted by atomic mass is 9.98. The lowest BCUT2D eigenvalue weighted by Gasteiger charge is -2.40. The summed E-state index contributed by atoms with van der Waals surface area (Å²) >= 11 is 0. The summed E-state index contributed by atoms with van der Waals surface area (Å²) in [7, 11) is 1.27. The number of rotatable bonds is 13. The van der Waals surface area contributed by atoms with Crippen molar-refractivity contribution in [3.8, 4) is 0 Å². The summed E-state index contributed by atoms with van der Waals surface area (Å²) in [5.41, 5.74) is -0.0369. The SMILES string of the molecule is C=C/C(=C\C=C(/CCC(C)C)C(=O)OC)O[C@H]1OC(CN/C(=C\O)C(=O)C(C)=O)[C@@H](O)C(O)C1O. The first-order chi connectivity index (χ1) is 16.5. The minimum absolute atomic E-state index is 0.0954. The van der Waals surface area contributed by atoms with Gasteiger partial charge in [-0.2, -0.15) is 0 Å². The highest BCUT2D eigenvalue weighted by Crippen LogP contribution is 2.24. The Labute approximate surface area is 204 Å². The Kier molecular flexibility index (Phi) is 12.4. The minimum atomic E-state index is -1.68. The van der Waals surface area contributed by atoms with Crippen LogP contribution in [0.15, 0.2) is 48.1 Å². The molecule has 0 spiro atoms. The molecule has 0 aliphatic carbocycles. The number of hydrogen-bond acceptors (Lipinski definition) is 11. The zero-order valence-electron chi connectivity index (χ0n) is 20.3. The number of aliphatic hydroxyl groups is 4. The minimum Gasteiger partial charge on any atom is -0.513 e. The van der Waals surface area contributed by atoms with Crippen molar-refractivity contribution in [3.05, 3.63) is 48.1 Å². The number of Topliss-reactive ketones (excluding diaryl/α,β-unsaturated/α-hetero) is 2. The van der Waals surface area contributed by atoms with Gasteiger partial charge >= 0.3 is 5.97 Å².